The van der Waals surface area contributed by atoms with Gasteiger partial charge in [0, 0.05) is 29.3 Å². The average Bonchev–Trinajstić information content (AvgIpc) is 2.90. The Morgan fingerprint density at radius 1 is 1.00 bits per heavy atom. The minimum absolute atomic E-state index is 0.00224. The molecule has 30 heavy (non-hydrogen) atoms. The highest BCUT2D eigenvalue weighted by Gasteiger charge is 2.37. The number of hydrogen-bond acceptors (Lipinski definition) is 1. The van der Waals surface area contributed by atoms with Gasteiger partial charge in [-0.1, -0.05) is 101 Å². The summed E-state index contributed by atoms with van der Waals surface area (Å²) in [5.74, 6) is 0. The Bertz CT molecular complexity index is 1040. The summed E-state index contributed by atoms with van der Waals surface area (Å²) in [6.07, 6.45) is 8.81. The Morgan fingerprint density at radius 3 is 2.30 bits per heavy atom. The van der Waals surface area contributed by atoms with Crippen molar-refractivity contribution in [3.63, 3.8) is 0 Å². The Kier molecular flexibility index (Phi) is 5.94. The molecule has 0 saturated heterocycles. The fraction of sp³-hybridized carbons (Fsp3) is 0.310. The summed E-state index contributed by atoms with van der Waals surface area (Å²) in [7, 11) is 2.16. The molecule has 0 atom stereocenters. The highest BCUT2D eigenvalue weighted by Crippen LogP contribution is 2.46. The van der Waals surface area contributed by atoms with Crippen LogP contribution in [0.2, 0.25) is 0 Å². The number of hydrogen-bond donors (Lipinski definition) is 0. The zero-order chi connectivity index (χ0) is 22.1. The summed E-state index contributed by atoms with van der Waals surface area (Å²) >= 11 is 0. The van der Waals surface area contributed by atoms with E-state index in [0.29, 0.717) is 0 Å². The highest BCUT2D eigenvalue weighted by atomic mass is 15.2. The lowest BCUT2D eigenvalue weighted by molar-refractivity contribution is 0.637. The van der Waals surface area contributed by atoms with Gasteiger partial charge in [-0.25, -0.2) is 0 Å². The first-order chi connectivity index (χ1) is 14.1. The molecule has 1 heterocycles. The van der Waals surface area contributed by atoms with Crippen molar-refractivity contribution >= 4 is 5.69 Å². The third-order valence-electron chi connectivity index (χ3n) is 6.61. The van der Waals surface area contributed by atoms with E-state index < -0.39 is 0 Å². The molecule has 0 radical (unpaired) electrons. The molecular weight excluding hydrogens is 362 g/mol. The molecule has 1 aliphatic heterocycles. The number of fused-ring (bicyclic) bond motifs is 1. The lowest BCUT2D eigenvalue weighted by Gasteiger charge is -2.28. The van der Waals surface area contributed by atoms with Crippen molar-refractivity contribution < 1.29 is 0 Å². The normalized spacial score (nSPS) is 17.6. The van der Waals surface area contributed by atoms with Crippen molar-refractivity contribution in [2.24, 2.45) is 0 Å². The Hall–Kier alpha value is -2.80. The summed E-state index contributed by atoms with van der Waals surface area (Å²) in [5.41, 5.74) is 8.86. The molecule has 156 valence electrons. The van der Waals surface area contributed by atoms with Crippen molar-refractivity contribution in [1.82, 2.24) is 0 Å². The second kappa shape index (κ2) is 8.14. The van der Waals surface area contributed by atoms with Gasteiger partial charge >= 0.3 is 0 Å². The van der Waals surface area contributed by atoms with E-state index in [1.54, 1.807) is 0 Å². The maximum absolute atomic E-state index is 4.38. The average molecular weight is 398 g/mol. The van der Waals surface area contributed by atoms with E-state index >= 15 is 0 Å². The van der Waals surface area contributed by atoms with Crippen LogP contribution in [0.25, 0.3) is 0 Å². The predicted octanol–water partition coefficient (Wildman–Crippen LogP) is 7.64. The highest BCUT2D eigenvalue weighted by molar-refractivity contribution is 5.70. The van der Waals surface area contributed by atoms with Gasteiger partial charge < -0.3 is 4.90 Å². The summed E-state index contributed by atoms with van der Waals surface area (Å²) in [5, 5.41) is 0. The molecule has 0 N–H and O–H groups in total. The topological polar surface area (TPSA) is 3.24 Å². The minimum Gasteiger partial charge on any atom is -0.347 e. The monoisotopic (exact) mass is 397 g/mol. The number of para-hydroxylation sites is 1. The van der Waals surface area contributed by atoms with E-state index in [2.05, 4.69) is 133 Å². The molecule has 2 aromatic carbocycles. The van der Waals surface area contributed by atoms with Gasteiger partial charge in [-0.05, 0) is 48.3 Å². The molecule has 0 bridgehead atoms. The standard InChI is InChI=1S/C29H35N/c1-21(17-19-23(3)28(4,5)24-14-10-9-13-22(24)2)18-20-27-29(6,7)25-15-11-12-16-26(25)30(27)8/h9-20H,3H2,1-2,4-8H3/b19-17+,21-18+,27-20+. The zero-order valence-corrected chi connectivity index (χ0v) is 19.6. The van der Waals surface area contributed by atoms with Crippen LogP contribution in [0.3, 0.4) is 0 Å². The van der Waals surface area contributed by atoms with Crippen LogP contribution in [0.5, 0.6) is 0 Å². The van der Waals surface area contributed by atoms with Crippen LogP contribution in [-0.4, -0.2) is 7.05 Å². The summed E-state index contributed by atoms with van der Waals surface area (Å²) in [6, 6.07) is 17.3. The van der Waals surface area contributed by atoms with E-state index in [9.17, 15) is 0 Å². The first-order valence-corrected chi connectivity index (χ1v) is 10.7. The fourth-order valence-corrected chi connectivity index (χ4v) is 4.46. The van der Waals surface area contributed by atoms with E-state index in [4.69, 9.17) is 0 Å². The van der Waals surface area contributed by atoms with Gasteiger partial charge in [0.25, 0.3) is 0 Å². The van der Waals surface area contributed by atoms with E-state index in [0.717, 1.165) is 5.57 Å². The number of allylic oxidation sites excluding steroid dienone is 7. The summed E-state index contributed by atoms with van der Waals surface area (Å²) in [4.78, 5) is 2.31. The van der Waals surface area contributed by atoms with Gasteiger partial charge in [-0.3, -0.25) is 0 Å². The number of nitrogens with zero attached hydrogens (tertiary/aromatic N) is 1. The Balaban J connectivity index is 1.81. The number of rotatable bonds is 5. The van der Waals surface area contributed by atoms with Crippen molar-refractivity contribution in [3.05, 3.63) is 113 Å². The minimum atomic E-state index is -0.101. The van der Waals surface area contributed by atoms with Crippen LogP contribution >= 0.6 is 0 Å². The molecular formula is C29H35N. The van der Waals surface area contributed by atoms with Gasteiger partial charge in [0.2, 0.25) is 0 Å². The Morgan fingerprint density at radius 2 is 1.63 bits per heavy atom. The molecule has 1 nitrogen and oxygen atoms in total. The Labute approximate surface area is 183 Å². The van der Waals surface area contributed by atoms with Gasteiger partial charge in [0.1, 0.15) is 0 Å². The van der Waals surface area contributed by atoms with E-state index in [1.165, 1.54) is 33.6 Å². The van der Waals surface area contributed by atoms with Crippen LogP contribution in [-0.2, 0) is 10.8 Å². The van der Waals surface area contributed by atoms with Gasteiger partial charge in [0.15, 0.2) is 0 Å². The molecule has 0 amide bonds. The van der Waals surface area contributed by atoms with Crippen LogP contribution in [0.1, 0.15) is 51.3 Å². The molecule has 3 rings (SSSR count). The quantitative estimate of drug-likeness (QED) is 0.468. The number of benzene rings is 2. The number of anilines is 1. The van der Waals surface area contributed by atoms with Crippen LogP contribution < -0.4 is 4.90 Å². The molecule has 1 aliphatic rings. The van der Waals surface area contributed by atoms with Crippen LogP contribution in [0.15, 0.2) is 96.3 Å². The summed E-state index contributed by atoms with van der Waals surface area (Å²) in [6.45, 7) is 17.8. The molecule has 0 unspecified atom stereocenters. The maximum Gasteiger partial charge on any atom is 0.0447 e. The molecule has 0 aliphatic carbocycles. The third-order valence-corrected chi connectivity index (χ3v) is 6.61. The molecule has 0 fully saturated rings. The fourth-order valence-electron chi connectivity index (χ4n) is 4.46. The van der Waals surface area contributed by atoms with Crippen LogP contribution in [0, 0.1) is 6.92 Å². The predicted molar refractivity (Wildman–Crippen MR) is 132 cm³/mol. The number of aryl methyl sites for hydroxylation is 1. The second-order valence-electron chi connectivity index (χ2n) is 9.46. The number of likely N-dealkylation sites (N-methyl/N-ethyl adjacent to an activating group) is 1. The van der Waals surface area contributed by atoms with E-state index in [-0.39, 0.29) is 10.8 Å². The summed E-state index contributed by atoms with van der Waals surface area (Å²) < 4.78 is 0. The van der Waals surface area contributed by atoms with E-state index in [1.807, 2.05) is 0 Å². The van der Waals surface area contributed by atoms with Gasteiger partial charge in [-0.15, -0.1) is 0 Å². The van der Waals surface area contributed by atoms with Gasteiger partial charge in [-0.2, -0.15) is 0 Å². The van der Waals surface area contributed by atoms with Crippen LogP contribution in [0.4, 0.5) is 5.69 Å². The first-order valence-electron chi connectivity index (χ1n) is 10.7. The molecule has 0 aromatic heterocycles. The molecule has 0 spiro atoms. The van der Waals surface area contributed by atoms with Crippen molar-refractivity contribution in [1.29, 1.82) is 0 Å². The largest absolute Gasteiger partial charge is 0.347 e. The second-order valence-corrected chi connectivity index (χ2v) is 9.46. The third kappa shape index (κ3) is 3.94. The first kappa shape index (κ1) is 21.9. The lowest BCUT2D eigenvalue weighted by Crippen LogP contribution is -2.22. The molecule has 1 heteroatoms. The SMILES string of the molecule is C=C(/C=C/C(C)=C/C=C1/N(C)c2ccccc2C1(C)C)C(C)(C)c1ccccc1C. The molecule has 0 saturated carbocycles. The maximum atomic E-state index is 4.38. The molecule has 2 aromatic rings. The van der Waals surface area contributed by atoms with Crippen molar-refractivity contribution in [3.8, 4) is 0 Å². The lowest BCUT2D eigenvalue weighted by atomic mass is 9.76. The smallest absolute Gasteiger partial charge is 0.0447 e. The van der Waals surface area contributed by atoms with Crippen molar-refractivity contribution in [2.45, 2.75) is 52.4 Å². The van der Waals surface area contributed by atoms with Crippen molar-refractivity contribution in [2.75, 3.05) is 11.9 Å². The zero-order valence-electron chi connectivity index (χ0n) is 19.6. The van der Waals surface area contributed by atoms with Gasteiger partial charge in [0.05, 0.1) is 0 Å².